The lowest BCUT2D eigenvalue weighted by Gasteiger charge is -2.35. The molecule has 0 bridgehead atoms. The van der Waals surface area contributed by atoms with Crippen molar-refractivity contribution in [2.75, 3.05) is 18.1 Å². The number of carboxylic acid groups (broad SMARTS) is 2. The zero-order chi connectivity index (χ0) is 28.8. The fourth-order valence-electron chi connectivity index (χ4n) is 3.63. The first-order chi connectivity index (χ1) is 19.2. The van der Waals surface area contributed by atoms with Gasteiger partial charge in [0.15, 0.2) is 27.7 Å². The quantitative estimate of drug-likeness (QED) is 0.104. The SMILES string of the molecule is CCO/N=C(/c1nsc(N)n1)C(NO)C(C(=O)O)C1NC(C(=O)[O-])=C(Sc2nc(-c3cc[n+](C)cc3)cs2)CS1. The Kier molecular flexibility index (Phi) is 9.93. The summed E-state index contributed by atoms with van der Waals surface area (Å²) in [6.07, 6.45) is 3.80. The van der Waals surface area contributed by atoms with Gasteiger partial charge in [-0.15, -0.1) is 23.1 Å². The summed E-state index contributed by atoms with van der Waals surface area (Å²) >= 11 is 4.52. The Morgan fingerprint density at radius 1 is 1.40 bits per heavy atom. The molecule has 0 saturated heterocycles. The number of rotatable bonds is 12. The highest BCUT2D eigenvalue weighted by Gasteiger charge is 2.43. The molecule has 4 rings (SSSR count). The molecule has 0 radical (unpaired) electrons. The molecule has 0 spiro atoms. The summed E-state index contributed by atoms with van der Waals surface area (Å²) in [4.78, 5) is 38.8. The first kappa shape index (κ1) is 29.7. The van der Waals surface area contributed by atoms with E-state index in [-0.39, 0.29) is 34.7 Å². The van der Waals surface area contributed by atoms with Gasteiger partial charge in [-0.2, -0.15) is 14.8 Å². The molecule has 3 unspecified atom stereocenters. The number of aryl methyl sites for hydroxylation is 1. The molecule has 0 amide bonds. The minimum absolute atomic E-state index is 0.0341. The van der Waals surface area contributed by atoms with Gasteiger partial charge in [-0.25, -0.2) is 9.55 Å². The molecule has 3 aromatic rings. The molecule has 40 heavy (non-hydrogen) atoms. The summed E-state index contributed by atoms with van der Waals surface area (Å²) in [5, 5.41) is 39.9. The van der Waals surface area contributed by atoms with Gasteiger partial charge < -0.3 is 36.1 Å². The average Bonchev–Trinajstić information content (AvgIpc) is 3.58. The average molecular weight is 625 g/mol. The van der Waals surface area contributed by atoms with Gasteiger partial charge in [0.1, 0.15) is 25.3 Å². The number of nitrogens with zero attached hydrogens (tertiary/aromatic N) is 5. The van der Waals surface area contributed by atoms with Gasteiger partial charge in [-0.05, 0) is 6.92 Å². The minimum atomic E-state index is -1.50. The number of thioether (sulfide) groups is 2. The Labute approximate surface area is 244 Å². The third-order valence-corrected chi connectivity index (χ3v) is 9.48. The molecule has 14 nitrogen and oxygen atoms in total. The lowest BCUT2D eigenvalue weighted by molar-refractivity contribution is -0.671. The van der Waals surface area contributed by atoms with Gasteiger partial charge in [-0.3, -0.25) is 4.79 Å². The van der Waals surface area contributed by atoms with Crippen molar-refractivity contribution in [1.82, 2.24) is 25.1 Å². The molecule has 212 valence electrons. The van der Waals surface area contributed by atoms with Crippen LogP contribution in [0.15, 0.2) is 50.0 Å². The number of oxime groups is 1. The fourth-order valence-corrected chi connectivity index (χ4v) is 7.46. The number of carbonyl (C=O) groups is 2. The van der Waals surface area contributed by atoms with Crippen LogP contribution in [-0.2, 0) is 21.5 Å². The maximum absolute atomic E-state index is 12.5. The van der Waals surface area contributed by atoms with Crippen LogP contribution in [0.25, 0.3) is 11.3 Å². The van der Waals surface area contributed by atoms with Gasteiger partial charge in [0.25, 0.3) is 0 Å². The Bertz CT molecular complexity index is 1430. The molecular formula is C22H24N8O6S4. The highest BCUT2D eigenvalue weighted by Crippen LogP contribution is 2.39. The molecule has 1 aliphatic rings. The van der Waals surface area contributed by atoms with Gasteiger partial charge in [0.05, 0.1) is 28.8 Å². The Hall–Kier alpha value is -3.29. The van der Waals surface area contributed by atoms with Crippen LogP contribution in [0.4, 0.5) is 5.13 Å². The largest absolute Gasteiger partial charge is 0.543 e. The van der Waals surface area contributed by atoms with Crippen molar-refractivity contribution >= 4 is 69.2 Å². The predicted molar refractivity (Wildman–Crippen MR) is 148 cm³/mol. The van der Waals surface area contributed by atoms with Crippen molar-refractivity contribution in [3.8, 4) is 11.3 Å². The summed E-state index contributed by atoms with van der Waals surface area (Å²) in [6.45, 7) is 1.81. The fraction of sp³-hybridized carbons (Fsp3) is 0.318. The van der Waals surface area contributed by atoms with Crippen molar-refractivity contribution in [3.63, 3.8) is 0 Å². The molecule has 3 atom stereocenters. The van der Waals surface area contributed by atoms with Crippen molar-refractivity contribution in [1.29, 1.82) is 0 Å². The first-order valence-corrected chi connectivity index (χ1v) is 15.1. The van der Waals surface area contributed by atoms with Crippen molar-refractivity contribution < 1.29 is 34.4 Å². The molecule has 0 saturated carbocycles. The van der Waals surface area contributed by atoms with E-state index in [1.807, 2.05) is 47.0 Å². The van der Waals surface area contributed by atoms with Crippen LogP contribution in [0.1, 0.15) is 12.7 Å². The molecule has 18 heteroatoms. The lowest BCUT2D eigenvalue weighted by Crippen LogP contribution is -2.55. The number of nitrogens with one attached hydrogen (secondary N) is 2. The molecular weight excluding hydrogens is 601 g/mol. The van der Waals surface area contributed by atoms with Gasteiger partial charge in [0, 0.05) is 45.3 Å². The van der Waals surface area contributed by atoms with E-state index in [0.717, 1.165) is 46.3 Å². The smallest absolute Gasteiger partial charge is 0.311 e. The van der Waals surface area contributed by atoms with E-state index >= 15 is 0 Å². The number of anilines is 1. The number of aliphatic carboxylic acids is 2. The molecule has 1 aliphatic heterocycles. The Morgan fingerprint density at radius 2 is 2.15 bits per heavy atom. The third-order valence-electron chi connectivity index (χ3n) is 5.50. The molecule has 0 fully saturated rings. The first-order valence-electron chi connectivity index (χ1n) is 11.5. The highest BCUT2D eigenvalue weighted by atomic mass is 32.2. The number of thiazole rings is 1. The molecule has 3 aromatic heterocycles. The minimum Gasteiger partial charge on any atom is -0.543 e. The maximum atomic E-state index is 12.5. The Balaban J connectivity index is 1.60. The third kappa shape index (κ3) is 6.88. The van der Waals surface area contributed by atoms with Crippen LogP contribution in [0.5, 0.6) is 0 Å². The van der Waals surface area contributed by atoms with E-state index < -0.39 is 29.3 Å². The summed E-state index contributed by atoms with van der Waals surface area (Å²) in [6, 6.07) is 2.46. The number of aromatic nitrogens is 4. The van der Waals surface area contributed by atoms with Crippen LogP contribution >= 0.6 is 46.4 Å². The molecule has 0 aromatic carbocycles. The second-order valence-electron chi connectivity index (χ2n) is 8.14. The monoisotopic (exact) mass is 624 g/mol. The topological polar surface area (TPSA) is 212 Å². The van der Waals surface area contributed by atoms with E-state index in [2.05, 4.69) is 24.8 Å². The number of nitrogen functional groups attached to an aromatic ring is 1. The standard InChI is InChI=1S/C22H24N8O6S4/c1-3-36-28-16(17-26-21(23)40-29-17)15(27-35)13(19(31)32)18-25-14(20(33)34)12(9-37-18)39-22-24-11(8-38-22)10-4-6-30(2)7-5-10/h4-8,13,15,18,25,27,35H,3,9H2,1-2H3,(H3-,23,26,29,31,32,33,34)/b28-16+. The summed E-state index contributed by atoms with van der Waals surface area (Å²) in [5.74, 6) is -4.20. The Morgan fingerprint density at radius 3 is 2.75 bits per heavy atom. The van der Waals surface area contributed by atoms with Crippen molar-refractivity contribution in [2.24, 2.45) is 18.1 Å². The van der Waals surface area contributed by atoms with E-state index in [0.29, 0.717) is 9.24 Å². The maximum Gasteiger partial charge on any atom is 0.311 e. The molecule has 6 N–H and O–H groups in total. The number of nitrogens with two attached hydrogens (primary N) is 1. The summed E-state index contributed by atoms with van der Waals surface area (Å²) < 4.78 is 6.57. The van der Waals surface area contributed by atoms with E-state index in [1.54, 1.807) is 6.92 Å². The number of hydroxylamine groups is 1. The van der Waals surface area contributed by atoms with Crippen LogP contribution in [0, 0.1) is 5.92 Å². The number of pyridine rings is 1. The zero-order valence-electron chi connectivity index (χ0n) is 21.0. The van der Waals surface area contributed by atoms with Gasteiger partial charge in [-0.1, -0.05) is 16.9 Å². The number of hydrogen-bond donors (Lipinski definition) is 5. The van der Waals surface area contributed by atoms with Crippen LogP contribution in [0.3, 0.4) is 0 Å². The second-order valence-corrected chi connectivity index (χ2v) is 12.2. The summed E-state index contributed by atoms with van der Waals surface area (Å²) in [5.41, 5.74) is 8.93. The van der Waals surface area contributed by atoms with E-state index in [9.17, 15) is 25.0 Å². The normalized spacial score (nSPS) is 17.3. The lowest BCUT2D eigenvalue weighted by atomic mass is 9.95. The van der Waals surface area contributed by atoms with E-state index in [4.69, 9.17) is 10.6 Å². The number of carboxylic acids is 2. The summed E-state index contributed by atoms with van der Waals surface area (Å²) in [7, 11) is 1.91. The van der Waals surface area contributed by atoms with Crippen LogP contribution in [-0.4, -0.2) is 66.1 Å². The zero-order valence-corrected chi connectivity index (χ0v) is 24.3. The van der Waals surface area contributed by atoms with Crippen molar-refractivity contribution in [3.05, 3.63) is 46.3 Å². The number of hydrogen-bond acceptors (Lipinski definition) is 16. The predicted octanol–water partition coefficient (Wildman–Crippen LogP) is 0.273. The highest BCUT2D eigenvalue weighted by molar-refractivity contribution is 8.07. The van der Waals surface area contributed by atoms with Gasteiger partial charge in [0.2, 0.25) is 0 Å². The van der Waals surface area contributed by atoms with Crippen LogP contribution in [0.2, 0.25) is 0 Å². The van der Waals surface area contributed by atoms with Gasteiger partial charge >= 0.3 is 5.97 Å². The molecule has 4 heterocycles. The second kappa shape index (κ2) is 13.4. The molecule has 0 aliphatic carbocycles. The van der Waals surface area contributed by atoms with E-state index in [1.165, 1.54) is 11.3 Å². The number of carbonyl (C=O) groups excluding carboxylic acids is 1. The van der Waals surface area contributed by atoms with Crippen LogP contribution < -0.4 is 26.2 Å². The van der Waals surface area contributed by atoms with Crippen molar-refractivity contribution in [2.45, 2.75) is 22.7 Å².